The summed E-state index contributed by atoms with van der Waals surface area (Å²) < 4.78 is 0. The van der Waals surface area contributed by atoms with Crippen LogP contribution in [0.4, 0.5) is 34.1 Å². The Kier molecular flexibility index (Phi) is 9.12. The average Bonchev–Trinajstić information content (AvgIpc) is 3.03. The summed E-state index contributed by atoms with van der Waals surface area (Å²) in [6, 6.07) is 44.7. The molecule has 5 aromatic carbocycles. The van der Waals surface area contributed by atoms with Crippen molar-refractivity contribution in [1.29, 1.82) is 0 Å². The molecule has 2 unspecified atom stereocenters. The Balaban J connectivity index is 1.55. The van der Waals surface area contributed by atoms with Crippen molar-refractivity contribution in [3.05, 3.63) is 144 Å². The zero-order valence-electron chi connectivity index (χ0n) is 26.0. The average molecular weight is 553 g/mol. The molecule has 5 rings (SSSR count). The number of aryl methyl sites for hydroxylation is 2. The van der Waals surface area contributed by atoms with E-state index in [0.717, 1.165) is 47.0 Å². The zero-order valence-corrected chi connectivity index (χ0v) is 26.0. The van der Waals surface area contributed by atoms with Gasteiger partial charge in [-0.3, -0.25) is 0 Å². The van der Waals surface area contributed by atoms with E-state index in [2.05, 4.69) is 173 Å². The number of anilines is 6. The summed E-state index contributed by atoms with van der Waals surface area (Å²) in [5, 5.41) is 0. The van der Waals surface area contributed by atoms with Crippen molar-refractivity contribution >= 4 is 34.1 Å². The predicted octanol–water partition coefficient (Wildman–Crippen LogP) is 12.3. The maximum absolute atomic E-state index is 2.35. The lowest BCUT2D eigenvalue weighted by Crippen LogP contribution is -2.12. The molecule has 0 radical (unpaired) electrons. The van der Waals surface area contributed by atoms with E-state index in [1.165, 1.54) is 22.3 Å². The molecule has 0 aromatic heterocycles. The van der Waals surface area contributed by atoms with Crippen LogP contribution in [0.3, 0.4) is 0 Å². The normalized spacial score (nSPS) is 12.5. The highest BCUT2D eigenvalue weighted by Crippen LogP contribution is 2.40. The van der Waals surface area contributed by atoms with Crippen LogP contribution in [0.2, 0.25) is 0 Å². The molecule has 2 nitrogen and oxygen atoms in total. The summed E-state index contributed by atoms with van der Waals surface area (Å²) in [5.74, 6) is 1.11. The van der Waals surface area contributed by atoms with Crippen LogP contribution < -0.4 is 9.80 Å². The summed E-state index contributed by atoms with van der Waals surface area (Å²) in [5.41, 5.74) is 12.2. The van der Waals surface area contributed by atoms with E-state index in [1.807, 2.05) is 0 Å². The second-order valence-corrected chi connectivity index (χ2v) is 11.7. The van der Waals surface area contributed by atoms with Gasteiger partial charge in [0.2, 0.25) is 0 Å². The molecule has 0 spiro atoms. The van der Waals surface area contributed by atoms with Crippen LogP contribution in [0.15, 0.2) is 121 Å². The minimum atomic E-state index is 0.554. The summed E-state index contributed by atoms with van der Waals surface area (Å²) in [6.45, 7) is 13.4. The third kappa shape index (κ3) is 6.44. The first-order valence-corrected chi connectivity index (χ1v) is 15.4. The molecule has 2 atom stereocenters. The highest BCUT2D eigenvalue weighted by atomic mass is 15.2. The largest absolute Gasteiger partial charge is 0.311 e. The maximum Gasteiger partial charge on any atom is 0.0463 e. The first-order chi connectivity index (χ1) is 20.4. The Morgan fingerprint density at radius 3 is 0.833 bits per heavy atom. The monoisotopic (exact) mass is 552 g/mol. The maximum atomic E-state index is 2.35. The van der Waals surface area contributed by atoms with Crippen LogP contribution >= 0.6 is 0 Å². The lowest BCUT2D eigenvalue weighted by molar-refractivity contribution is 0.733. The van der Waals surface area contributed by atoms with E-state index in [0.29, 0.717) is 11.8 Å². The van der Waals surface area contributed by atoms with Gasteiger partial charge >= 0.3 is 0 Å². The van der Waals surface area contributed by atoms with Gasteiger partial charge in [-0.1, -0.05) is 87.4 Å². The number of benzene rings is 5. The molecule has 0 amide bonds. The van der Waals surface area contributed by atoms with Gasteiger partial charge in [0.15, 0.2) is 0 Å². The summed E-state index contributed by atoms with van der Waals surface area (Å²) in [6.07, 6.45) is 2.28. The van der Waals surface area contributed by atoms with E-state index in [4.69, 9.17) is 0 Å². The Hall–Kier alpha value is -4.30. The second-order valence-electron chi connectivity index (χ2n) is 11.7. The fourth-order valence-corrected chi connectivity index (χ4v) is 5.41. The van der Waals surface area contributed by atoms with Crippen molar-refractivity contribution in [3.8, 4) is 0 Å². The molecule has 5 aromatic rings. The first kappa shape index (κ1) is 29.2. The fourth-order valence-electron chi connectivity index (χ4n) is 5.41. The molecular weight excluding hydrogens is 508 g/mol. The second kappa shape index (κ2) is 13.1. The van der Waals surface area contributed by atoms with Crippen molar-refractivity contribution in [2.45, 2.75) is 66.2 Å². The minimum Gasteiger partial charge on any atom is -0.311 e. The smallest absolute Gasteiger partial charge is 0.0463 e. The van der Waals surface area contributed by atoms with Crippen LogP contribution in [0.1, 0.15) is 74.6 Å². The molecule has 0 N–H and O–H groups in total. The van der Waals surface area contributed by atoms with Gasteiger partial charge < -0.3 is 9.80 Å². The van der Waals surface area contributed by atoms with Gasteiger partial charge in [0, 0.05) is 34.1 Å². The molecule has 0 aliphatic heterocycles. The van der Waals surface area contributed by atoms with Crippen molar-refractivity contribution in [3.63, 3.8) is 0 Å². The molecule has 0 aliphatic rings. The number of nitrogens with zero attached hydrogens (tertiary/aromatic N) is 2. The Labute approximate surface area is 253 Å². The topological polar surface area (TPSA) is 6.48 Å². The fraction of sp³-hybridized carbons (Fsp3) is 0.250. The van der Waals surface area contributed by atoms with Gasteiger partial charge in [-0.05, 0) is 122 Å². The molecule has 0 bridgehead atoms. The molecule has 0 heterocycles. The van der Waals surface area contributed by atoms with Crippen molar-refractivity contribution < 1.29 is 0 Å². The third-order valence-electron chi connectivity index (χ3n) is 8.62. The van der Waals surface area contributed by atoms with Gasteiger partial charge in [0.25, 0.3) is 0 Å². The quantitative estimate of drug-likeness (QED) is 0.170. The zero-order chi connectivity index (χ0) is 29.6. The van der Waals surface area contributed by atoms with Crippen LogP contribution in [0.5, 0.6) is 0 Å². The van der Waals surface area contributed by atoms with E-state index in [9.17, 15) is 0 Å². The van der Waals surface area contributed by atoms with Gasteiger partial charge in [-0.25, -0.2) is 0 Å². The molecular formula is C40H44N2. The lowest BCUT2D eigenvalue weighted by Gasteiger charge is -2.29. The Morgan fingerprint density at radius 2 is 0.595 bits per heavy atom. The van der Waals surface area contributed by atoms with Crippen molar-refractivity contribution in [2.75, 3.05) is 9.80 Å². The molecule has 0 aliphatic carbocycles. The number of hydrogen-bond acceptors (Lipinski definition) is 2. The summed E-state index contributed by atoms with van der Waals surface area (Å²) in [4.78, 5) is 4.70. The van der Waals surface area contributed by atoms with E-state index < -0.39 is 0 Å². The summed E-state index contributed by atoms with van der Waals surface area (Å²) >= 11 is 0. The van der Waals surface area contributed by atoms with E-state index in [-0.39, 0.29) is 0 Å². The predicted molar refractivity (Wildman–Crippen MR) is 183 cm³/mol. The highest BCUT2D eigenvalue weighted by molar-refractivity contribution is 5.81. The van der Waals surface area contributed by atoms with Gasteiger partial charge in [0.05, 0.1) is 0 Å². The summed E-state index contributed by atoms with van der Waals surface area (Å²) in [7, 11) is 0. The van der Waals surface area contributed by atoms with Crippen LogP contribution in [-0.2, 0) is 0 Å². The van der Waals surface area contributed by atoms with E-state index >= 15 is 0 Å². The van der Waals surface area contributed by atoms with Crippen molar-refractivity contribution in [2.24, 2.45) is 0 Å². The Bertz CT molecular complexity index is 1430. The molecule has 2 heteroatoms. The van der Waals surface area contributed by atoms with Crippen molar-refractivity contribution in [1.82, 2.24) is 0 Å². The molecule has 0 saturated heterocycles. The minimum absolute atomic E-state index is 0.554. The van der Waals surface area contributed by atoms with Gasteiger partial charge in [0.1, 0.15) is 0 Å². The van der Waals surface area contributed by atoms with E-state index in [1.54, 1.807) is 0 Å². The van der Waals surface area contributed by atoms with Gasteiger partial charge in [-0.2, -0.15) is 0 Å². The number of hydrogen-bond donors (Lipinski definition) is 0. The van der Waals surface area contributed by atoms with Crippen LogP contribution in [0.25, 0.3) is 0 Å². The first-order valence-electron chi connectivity index (χ1n) is 15.4. The third-order valence-corrected chi connectivity index (χ3v) is 8.62. The number of rotatable bonds is 10. The van der Waals surface area contributed by atoms with Crippen LogP contribution in [0, 0.1) is 13.8 Å². The molecule has 0 saturated carbocycles. The molecule has 0 fully saturated rings. The van der Waals surface area contributed by atoms with Gasteiger partial charge in [-0.15, -0.1) is 0 Å². The molecule has 42 heavy (non-hydrogen) atoms. The lowest BCUT2D eigenvalue weighted by atomic mass is 9.98. The standard InChI is InChI=1S/C40H44N2/c1-7-31(5)33-13-21-37(22-14-33)41(35-17-9-29(3)10-18-35)39-25-27-40(28-26-39)42(36-19-11-30(4)12-20-36)38-23-15-34(16-24-38)32(6)8-2/h9-28,31-32H,7-8H2,1-6H3. The van der Waals surface area contributed by atoms with Crippen LogP contribution in [-0.4, -0.2) is 0 Å². The Morgan fingerprint density at radius 1 is 0.381 bits per heavy atom. The SMILES string of the molecule is CCC(C)c1ccc(N(c2ccc(C)cc2)c2ccc(N(c3ccc(C)cc3)c3ccc(C(C)CC)cc3)cc2)cc1. The highest BCUT2D eigenvalue weighted by Gasteiger charge is 2.17. The molecule has 214 valence electrons.